The van der Waals surface area contributed by atoms with E-state index in [1.807, 2.05) is 30.5 Å². The van der Waals surface area contributed by atoms with Crippen LogP contribution in [0.2, 0.25) is 0 Å². The molecule has 0 atom stereocenters. The molecule has 2 aromatic rings. The standard InChI is InChI=1S/C16H16N2O2S/c1-12-5-3-7-17-15(12)16(20)18(2)10-14-9-13(11-21-14)6-4-8-19/h3,5,7,9,11,19H,8,10H2,1-2H3. The summed E-state index contributed by atoms with van der Waals surface area (Å²) in [5.74, 6) is 5.37. The largest absolute Gasteiger partial charge is 0.384 e. The molecule has 108 valence electrons. The second-order valence-corrected chi connectivity index (χ2v) is 5.59. The Labute approximate surface area is 128 Å². The van der Waals surface area contributed by atoms with Crippen molar-refractivity contribution in [2.45, 2.75) is 13.5 Å². The molecule has 0 aromatic carbocycles. The van der Waals surface area contributed by atoms with E-state index in [1.54, 1.807) is 29.5 Å². The summed E-state index contributed by atoms with van der Waals surface area (Å²) in [5.41, 5.74) is 2.21. The van der Waals surface area contributed by atoms with E-state index in [4.69, 9.17) is 5.11 Å². The van der Waals surface area contributed by atoms with E-state index in [0.29, 0.717) is 12.2 Å². The Morgan fingerprint density at radius 3 is 3.05 bits per heavy atom. The molecule has 21 heavy (non-hydrogen) atoms. The van der Waals surface area contributed by atoms with Crippen molar-refractivity contribution in [1.82, 2.24) is 9.88 Å². The van der Waals surface area contributed by atoms with Gasteiger partial charge in [-0.05, 0) is 24.6 Å². The number of aryl methyl sites for hydroxylation is 1. The van der Waals surface area contributed by atoms with Gasteiger partial charge in [-0.15, -0.1) is 11.3 Å². The predicted molar refractivity (Wildman–Crippen MR) is 83.1 cm³/mol. The lowest BCUT2D eigenvalue weighted by molar-refractivity contribution is 0.0780. The van der Waals surface area contributed by atoms with Crippen molar-refractivity contribution in [3.63, 3.8) is 0 Å². The van der Waals surface area contributed by atoms with Crippen LogP contribution in [0.5, 0.6) is 0 Å². The van der Waals surface area contributed by atoms with Crippen molar-refractivity contribution in [3.8, 4) is 11.8 Å². The molecule has 0 saturated carbocycles. The quantitative estimate of drug-likeness (QED) is 0.883. The molecule has 0 spiro atoms. The van der Waals surface area contributed by atoms with E-state index >= 15 is 0 Å². The summed E-state index contributed by atoms with van der Waals surface area (Å²) >= 11 is 1.55. The minimum atomic E-state index is -0.150. The first-order valence-corrected chi connectivity index (χ1v) is 7.34. The lowest BCUT2D eigenvalue weighted by atomic mass is 10.2. The number of aliphatic hydroxyl groups is 1. The number of hydrogen-bond acceptors (Lipinski definition) is 4. The molecule has 1 N–H and O–H groups in total. The highest BCUT2D eigenvalue weighted by Gasteiger charge is 2.16. The Hall–Kier alpha value is -2.16. The Bertz CT molecular complexity index is 698. The fourth-order valence-electron chi connectivity index (χ4n) is 1.87. The summed E-state index contributed by atoms with van der Waals surface area (Å²) in [4.78, 5) is 19.2. The maximum Gasteiger partial charge on any atom is 0.272 e. The first-order valence-electron chi connectivity index (χ1n) is 6.46. The van der Waals surface area contributed by atoms with Crippen molar-refractivity contribution in [1.29, 1.82) is 0 Å². The molecule has 0 fully saturated rings. The Kier molecular flexibility index (Phi) is 5.09. The third kappa shape index (κ3) is 3.91. The van der Waals surface area contributed by atoms with E-state index in [1.165, 1.54) is 0 Å². The summed E-state index contributed by atoms with van der Waals surface area (Å²) in [6, 6.07) is 5.63. The molecule has 0 aliphatic heterocycles. The van der Waals surface area contributed by atoms with Gasteiger partial charge in [-0.2, -0.15) is 0 Å². The summed E-state index contributed by atoms with van der Waals surface area (Å²) in [5, 5.41) is 10.6. The molecule has 5 heteroatoms. The van der Waals surface area contributed by atoms with Crippen LogP contribution >= 0.6 is 11.3 Å². The molecule has 0 unspecified atom stereocenters. The SMILES string of the molecule is Cc1cccnc1C(=O)N(C)Cc1cc(C#CCO)cs1. The summed E-state index contributed by atoms with van der Waals surface area (Å²) in [6.45, 7) is 2.24. The summed E-state index contributed by atoms with van der Waals surface area (Å²) < 4.78 is 0. The molecule has 0 aliphatic carbocycles. The van der Waals surface area contributed by atoms with Gasteiger partial charge in [0.2, 0.25) is 0 Å². The molecule has 2 aromatic heterocycles. The summed E-state index contributed by atoms with van der Waals surface area (Å²) in [6.07, 6.45) is 1.63. The van der Waals surface area contributed by atoms with Gasteiger partial charge in [-0.25, -0.2) is 0 Å². The van der Waals surface area contributed by atoms with Gasteiger partial charge < -0.3 is 10.0 Å². The van der Waals surface area contributed by atoms with Crippen LogP contribution in [0.1, 0.15) is 26.5 Å². The van der Waals surface area contributed by atoms with Crippen LogP contribution in [-0.2, 0) is 6.54 Å². The fourth-order valence-corrected chi connectivity index (χ4v) is 2.74. The van der Waals surface area contributed by atoms with Gasteiger partial charge in [-0.3, -0.25) is 9.78 Å². The Morgan fingerprint density at radius 1 is 1.52 bits per heavy atom. The molecule has 0 radical (unpaired) electrons. The van der Waals surface area contributed by atoms with Crippen molar-refractivity contribution in [3.05, 3.63) is 51.5 Å². The topological polar surface area (TPSA) is 53.4 Å². The molecule has 4 nitrogen and oxygen atoms in total. The molecular formula is C16H16N2O2S. The van der Waals surface area contributed by atoms with Gasteiger partial charge in [0.1, 0.15) is 12.3 Å². The second kappa shape index (κ2) is 7.02. The monoisotopic (exact) mass is 300 g/mol. The van der Waals surface area contributed by atoms with Crippen molar-refractivity contribution in [2.24, 2.45) is 0 Å². The lowest BCUT2D eigenvalue weighted by Crippen LogP contribution is -2.27. The van der Waals surface area contributed by atoms with E-state index in [-0.39, 0.29) is 12.5 Å². The zero-order valence-electron chi connectivity index (χ0n) is 12.0. The van der Waals surface area contributed by atoms with E-state index < -0.39 is 0 Å². The lowest BCUT2D eigenvalue weighted by Gasteiger charge is -2.16. The van der Waals surface area contributed by atoms with Gasteiger partial charge in [0.05, 0.1) is 6.54 Å². The first kappa shape index (κ1) is 15.2. The highest BCUT2D eigenvalue weighted by atomic mass is 32.1. The van der Waals surface area contributed by atoms with Crippen LogP contribution in [0.3, 0.4) is 0 Å². The third-order valence-corrected chi connectivity index (χ3v) is 3.84. The van der Waals surface area contributed by atoms with Crippen molar-refractivity contribution < 1.29 is 9.90 Å². The number of amides is 1. The number of carbonyl (C=O) groups excluding carboxylic acids is 1. The van der Waals surface area contributed by atoms with E-state index in [2.05, 4.69) is 16.8 Å². The zero-order valence-corrected chi connectivity index (χ0v) is 12.8. The number of aromatic nitrogens is 1. The number of thiophene rings is 1. The second-order valence-electron chi connectivity index (χ2n) is 4.59. The third-order valence-electron chi connectivity index (χ3n) is 2.92. The summed E-state index contributed by atoms with van der Waals surface area (Å²) in [7, 11) is 1.76. The van der Waals surface area contributed by atoms with Gasteiger partial charge >= 0.3 is 0 Å². The van der Waals surface area contributed by atoms with Crippen LogP contribution in [0.25, 0.3) is 0 Å². The van der Waals surface area contributed by atoms with E-state index in [9.17, 15) is 4.79 Å². The van der Waals surface area contributed by atoms with Crippen LogP contribution in [0.4, 0.5) is 0 Å². The highest BCUT2D eigenvalue weighted by Crippen LogP contribution is 2.17. The number of nitrogens with zero attached hydrogens (tertiary/aromatic N) is 2. The number of pyridine rings is 1. The predicted octanol–water partition coefficient (Wildman–Crippen LogP) is 2.07. The van der Waals surface area contributed by atoms with Gasteiger partial charge in [0.25, 0.3) is 5.91 Å². The molecule has 0 saturated heterocycles. The van der Waals surface area contributed by atoms with Gasteiger partial charge in [0.15, 0.2) is 0 Å². The molecule has 1 amide bonds. The normalized spacial score (nSPS) is 9.86. The minimum Gasteiger partial charge on any atom is -0.384 e. The van der Waals surface area contributed by atoms with Crippen molar-refractivity contribution >= 4 is 17.2 Å². The smallest absolute Gasteiger partial charge is 0.272 e. The number of aliphatic hydroxyl groups excluding tert-OH is 1. The van der Waals surface area contributed by atoms with Crippen molar-refractivity contribution in [2.75, 3.05) is 13.7 Å². The number of rotatable bonds is 3. The average molecular weight is 300 g/mol. The maximum absolute atomic E-state index is 12.4. The van der Waals surface area contributed by atoms with E-state index in [0.717, 1.165) is 16.0 Å². The first-order chi connectivity index (χ1) is 10.1. The molecule has 0 bridgehead atoms. The van der Waals surface area contributed by atoms with Gasteiger partial charge in [0, 0.05) is 29.1 Å². The zero-order chi connectivity index (χ0) is 15.2. The minimum absolute atomic E-state index is 0.0931. The van der Waals surface area contributed by atoms with Crippen LogP contribution in [-0.4, -0.2) is 34.6 Å². The molecular weight excluding hydrogens is 284 g/mol. The van der Waals surface area contributed by atoms with Gasteiger partial charge in [-0.1, -0.05) is 17.9 Å². The molecule has 2 rings (SSSR count). The van der Waals surface area contributed by atoms with Crippen LogP contribution < -0.4 is 0 Å². The molecule has 2 heterocycles. The fraction of sp³-hybridized carbons (Fsp3) is 0.250. The molecule has 0 aliphatic rings. The Balaban J connectivity index is 2.07. The number of hydrogen-bond donors (Lipinski definition) is 1. The Morgan fingerprint density at radius 2 is 2.33 bits per heavy atom. The highest BCUT2D eigenvalue weighted by molar-refractivity contribution is 7.10. The maximum atomic E-state index is 12.4. The van der Waals surface area contributed by atoms with Crippen LogP contribution in [0.15, 0.2) is 29.8 Å². The average Bonchev–Trinajstić information content (AvgIpc) is 2.92. The number of carbonyl (C=O) groups is 1. The van der Waals surface area contributed by atoms with Crippen LogP contribution in [0, 0.1) is 18.8 Å².